The number of nitrogens with one attached hydrogen (secondary N) is 1. The topological polar surface area (TPSA) is 55.0 Å². The molecular formula is C25H17ClN2O2S. The maximum Gasteiger partial charge on any atom is 0.268 e. The first-order chi connectivity index (χ1) is 15.1. The molecule has 2 aromatic heterocycles. The first-order valence-corrected chi connectivity index (χ1v) is 10.9. The molecule has 152 valence electrons. The molecule has 3 aromatic carbocycles. The van der Waals surface area contributed by atoms with Crippen LogP contribution in [0, 0.1) is 0 Å². The van der Waals surface area contributed by atoms with Crippen molar-refractivity contribution in [3.63, 3.8) is 0 Å². The second kappa shape index (κ2) is 8.38. The molecule has 6 heteroatoms. The first kappa shape index (κ1) is 19.5. The molecule has 0 fully saturated rings. The Morgan fingerprint density at radius 3 is 2.35 bits per heavy atom. The average Bonchev–Trinajstić information content (AvgIpc) is 3.21. The summed E-state index contributed by atoms with van der Waals surface area (Å²) >= 11 is 7.39. The van der Waals surface area contributed by atoms with Crippen LogP contribution >= 0.6 is 22.9 Å². The van der Waals surface area contributed by atoms with E-state index in [1.807, 2.05) is 84.9 Å². The minimum absolute atomic E-state index is 0.116. The van der Waals surface area contributed by atoms with Crippen LogP contribution in [0.4, 0.5) is 0 Å². The van der Waals surface area contributed by atoms with Gasteiger partial charge in [0.1, 0.15) is 22.0 Å². The van der Waals surface area contributed by atoms with Crippen molar-refractivity contribution in [2.75, 3.05) is 0 Å². The molecule has 0 saturated heterocycles. The predicted octanol–water partition coefficient (Wildman–Crippen LogP) is 6.69. The fraction of sp³-hybridized carbons (Fsp3) is 0.0400. The monoisotopic (exact) mass is 444 g/mol. The lowest BCUT2D eigenvalue weighted by molar-refractivity contribution is 0.483. The second-order valence-corrected chi connectivity index (χ2v) is 8.57. The van der Waals surface area contributed by atoms with E-state index in [9.17, 15) is 4.79 Å². The summed E-state index contributed by atoms with van der Waals surface area (Å²) in [6.45, 7) is 0. The van der Waals surface area contributed by atoms with Crippen LogP contribution in [0.5, 0.6) is 11.5 Å². The van der Waals surface area contributed by atoms with E-state index in [0.29, 0.717) is 27.5 Å². The number of para-hydroxylation sites is 1. The number of thiophene rings is 1. The summed E-state index contributed by atoms with van der Waals surface area (Å²) in [6.07, 6.45) is 0.541. The zero-order valence-electron chi connectivity index (χ0n) is 16.3. The maximum atomic E-state index is 12.6. The van der Waals surface area contributed by atoms with Gasteiger partial charge in [0.05, 0.1) is 5.52 Å². The maximum absolute atomic E-state index is 12.6. The number of hydrogen-bond acceptors (Lipinski definition) is 4. The quantitative estimate of drug-likeness (QED) is 0.328. The van der Waals surface area contributed by atoms with Crippen LogP contribution in [0.25, 0.3) is 20.7 Å². The number of nitrogens with zero attached hydrogens (tertiary/aromatic N) is 1. The third kappa shape index (κ3) is 4.38. The van der Waals surface area contributed by atoms with Gasteiger partial charge in [-0.25, -0.2) is 4.98 Å². The van der Waals surface area contributed by atoms with Gasteiger partial charge in [0, 0.05) is 16.3 Å². The van der Waals surface area contributed by atoms with E-state index in [4.69, 9.17) is 16.3 Å². The molecule has 0 unspecified atom stereocenters. The third-order valence-electron chi connectivity index (χ3n) is 4.83. The van der Waals surface area contributed by atoms with Crippen molar-refractivity contribution < 1.29 is 4.74 Å². The lowest BCUT2D eigenvalue weighted by Crippen LogP contribution is -2.10. The molecule has 0 radical (unpaired) electrons. The minimum Gasteiger partial charge on any atom is -0.457 e. The highest BCUT2D eigenvalue weighted by atomic mass is 35.5. The molecule has 31 heavy (non-hydrogen) atoms. The molecular weight excluding hydrogens is 428 g/mol. The number of rotatable bonds is 5. The third-order valence-corrected chi connectivity index (χ3v) is 6.26. The van der Waals surface area contributed by atoms with Crippen LogP contribution < -0.4 is 10.3 Å². The fourth-order valence-corrected chi connectivity index (χ4v) is 4.45. The Labute approximate surface area is 187 Å². The van der Waals surface area contributed by atoms with Crippen molar-refractivity contribution in [1.29, 1.82) is 0 Å². The molecule has 5 rings (SSSR count). The van der Waals surface area contributed by atoms with Crippen molar-refractivity contribution in [1.82, 2.24) is 9.97 Å². The van der Waals surface area contributed by atoms with E-state index in [1.54, 1.807) is 0 Å². The minimum atomic E-state index is -0.116. The van der Waals surface area contributed by atoms with E-state index in [1.165, 1.54) is 11.3 Å². The summed E-state index contributed by atoms with van der Waals surface area (Å²) in [5.74, 6) is 2.19. The summed E-state index contributed by atoms with van der Waals surface area (Å²) in [5, 5.41) is 0.684. The molecule has 0 amide bonds. The van der Waals surface area contributed by atoms with Gasteiger partial charge in [0.25, 0.3) is 5.56 Å². The Bertz CT molecular complexity index is 1390. The van der Waals surface area contributed by atoms with Crippen molar-refractivity contribution in [3.8, 4) is 21.9 Å². The van der Waals surface area contributed by atoms with Crippen LogP contribution in [0.15, 0.2) is 89.7 Å². The second-order valence-electron chi connectivity index (χ2n) is 7.08. The van der Waals surface area contributed by atoms with Gasteiger partial charge in [-0.05, 0) is 65.7 Å². The number of hydrogen-bond donors (Lipinski definition) is 1. The van der Waals surface area contributed by atoms with Gasteiger partial charge in [0.2, 0.25) is 0 Å². The highest BCUT2D eigenvalue weighted by Crippen LogP contribution is 2.32. The molecule has 0 atom stereocenters. The van der Waals surface area contributed by atoms with Gasteiger partial charge >= 0.3 is 0 Å². The van der Waals surface area contributed by atoms with E-state index in [2.05, 4.69) is 9.97 Å². The van der Waals surface area contributed by atoms with Gasteiger partial charge < -0.3 is 9.72 Å². The van der Waals surface area contributed by atoms with E-state index < -0.39 is 0 Å². The van der Waals surface area contributed by atoms with Gasteiger partial charge in [-0.2, -0.15) is 0 Å². The highest BCUT2D eigenvalue weighted by Gasteiger charge is 2.11. The Kier molecular flexibility index (Phi) is 5.28. The number of halogens is 1. The van der Waals surface area contributed by atoms with Crippen LogP contribution in [0.1, 0.15) is 11.4 Å². The van der Waals surface area contributed by atoms with Gasteiger partial charge in [-0.3, -0.25) is 4.79 Å². The Hall–Kier alpha value is -3.41. The summed E-state index contributed by atoms with van der Waals surface area (Å²) in [7, 11) is 0. The fourth-order valence-electron chi connectivity index (χ4n) is 3.32. The molecule has 0 bridgehead atoms. The van der Waals surface area contributed by atoms with E-state index >= 15 is 0 Å². The molecule has 0 saturated carbocycles. The molecule has 0 aliphatic carbocycles. The van der Waals surface area contributed by atoms with Gasteiger partial charge in [-0.1, -0.05) is 41.9 Å². The van der Waals surface area contributed by atoms with Crippen LogP contribution in [-0.2, 0) is 6.42 Å². The summed E-state index contributed by atoms with van der Waals surface area (Å²) in [5.41, 5.74) is 2.64. The van der Waals surface area contributed by atoms with Crippen molar-refractivity contribution in [2.45, 2.75) is 6.42 Å². The van der Waals surface area contributed by atoms with Crippen LogP contribution in [0.3, 0.4) is 0 Å². The van der Waals surface area contributed by atoms with E-state index in [-0.39, 0.29) is 5.56 Å². The summed E-state index contributed by atoms with van der Waals surface area (Å²) in [4.78, 5) is 21.2. The SMILES string of the molecule is O=c1[nH]c(Cc2ccc(Cl)cc2)nc2cc(-c3ccc(Oc4ccccc4)cc3)sc12. The molecule has 0 aliphatic heterocycles. The standard InChI is InChI=1S/C25H17ClN2O2S/c26-18-10-6-16(7-11-18)14-23-27-21-15-22(31-24(21)25(29)28-23)17-8-12-20(13-9-17)30-19-4-2-1-3-5-19/h1-13,15H,14H2,(H,27,28,29). The lowest BCUT2D eigenvalue weighted by atomic mass is 10.1. The Balaban J connectivity index is 1.41. The molecule has 1 N–H and O–H groups in total. The molecule has 4 nitrogen and oxygen atoms in total. The number of aromatic nitrogens is 2. The lowest BCUT2D eigenvalue weighted by Gasteiger charge is -2.05. The summed E-state index contributed by atoms with van der Waals surface area (Å²) < 4.78 is 6.48. The summed E-state index contributed by atoms with van der Waals surface area (Å²) in [6, 6.07) is 27.0. The molecule has 5 aromatic rings. The van der Waals surface area contributed by atoms with Gasteiger partial charge in [-0.15, -0.1) is 11.3 Å². The molecule has 0 aliphatic rings. The Morgan fingerprint density at radius 1 is 0.903 bits per heavy atom. The highest BCUT2D eigenvalue weighted by molar-refractivity contribution is 7.22. The zero-order valence-corrected chi connectivity index (χ0v) is 17.9. The number of ether oxygens (including phenoxy) is 1. The normalized spacial score (nSPS) is 11.0. The number of fused-ring (bicyclic) bond motifs is 1. The van der Waals surface area contributed by atoms with Crippen LogP contribution in [-0.4, -0.2) is 9.97 Å². The number of benzene rings is 3. The smallest absolute Gasteiger partial charge is 0.268 e. The van der Waals surface area contributed by atoms with Gasteiger partial charge in [0.15, 0.2) is 0 Å². The predicted molar refractivity (Wildman–Crippen MR) is 126 cm³/mol. The first-order valence-electron chi connectivity index (χ1n) is 9.74. The molecule has 2 heterocycles. The number of aromatic amines is 1. The Morgan fingerprint density at radius 2 is 1.61 bits per heavy atom. The van der Waals surface area contributed by atoms with Crippen molar-refractivity contribution in [2.24, 2.45) is 0 Å². The number of H-pyrrole nitrogens is 1. The largest absolute Gasteiger partial charge is 0.457 e. The van der Waals surface area contributed by atoms with Crippen molar-refractivity contribution in [3.05, 3.63) is 112 Å². The van der Waals surface area contributed by atoms with Crippen LogP contribution in [0.2, 0.25) is 5.02 Å². The average molecular weight is 445 g/mol. The van der Waals surface area contributed by atoms with Crippen molar-refractivity contribution >= 4 is 33.2 Å². The van der Waals surface area contributed by atoms with E-state index in [0.717, 1.165) is 27.5 Å². The molecule has 0 spiro atoms. The zero-order chi connectivity index (χ0) is 21.2.